The number of nitrogens with zero attached hydrogens (tertiary/aromatic N) is 3. The minimum Gasteiger partial charge on any atom is -0.411 e. The van der Waals surface area contributed by atoms with Crippen LogP contribution in [-0.4, -0.2) is 39.8 Å². The zero-order chi connectivity index (χ0) is 16.2. The van der Waals surface area contributed by atoms with Gasteiger partial charge in [0.2, 0.25) is 11.8 Å². The van der Waals surface area contributed by atoms with Crippen molar-refractivity contribution < 1.29 is 13.6 Å². The third-order valence-corrected chi connectivity index (χ3v) is 4.61. The summed E-state index contributed by atoms with van der Waals surface area (Å²) in [6.07, 6.45) is 2.24. The lowest BCUT2D eigenvalue weighted by molar-refractivity contribution is -0.130. The van der Waals surface area contributed by atoms with E-state index < -0.39 is 0 Å². The Kier molecular flexibility index (Phi) is 4.95. The van der Waals surface area contributed by atoms with Crippen LogP contribution in [-0.2, 0) is 4.79 Å². The second-order valence-corrected chi connectivity index (χ2v) is 6.69. The van der Waals surface area contributed by atoms with Crippen LogP contribution in [0.15, 0.2) is 33.9 Å². The van der Waals surface area contributed by atoms with E-state index in [1.807, 2.05) is 4.90 Å². The number of likely N-dealkylation sites (tertiary alicyclic amines) is 1. The average Bonchev–Trinajstić information content (AvgIpc) is 3.01. The Morgan fingerprint density at radius 2 is 2.35 bits per heavy atom. The fourth-order valence-electron chi connectivity index (χ4n) is 2.64. The van der Waals surface area contributed by atoms with Crippen LogP contribution in [0.1, 0.15) is 19.8 Å². The second-order valence-electron chi connectivity index (χ2n) is 5.76. The minimum atomic E-state index is -0.357. The lowest BCUT2D eigenvalue weighted by Gasteiger charge is -2.30. The molecule has 0 N–H and O–H groups in total. The SMILES string of the molecule is CC1CCCN(C(=O)CSc2nnc(-c3cccc(F)c3)o2)C1. The largest absolute Gasteiger partial charge is 0.411 e. The maximum absolute atomic E-state index is 13.2. The van der Waals surface area contributed by atoms with E-state index in [4.69, 9.17) is 4.42 Å². The number of thioether (sulfide) groups is 1. The number of halogens is 1. The van der Waals surface area contributed by atoms with Gasteiger partial charge in [-0.3, -0.25) is 4.79 Å². The van der Waals surface area contributed by atoms with Crippen LogP contribution >= 0.6 is 11.8 Å². The van der Waals surface area contributed by atoms with E-state index >= 15 is 0 Å². The summed E-state index contributed by atoms with van der Waals surface area (Å²) < 4.78 is 18.7. The summed E-state index contributed by atoms with van der Waals surface area (Å²) in [7, 11) is 0. The highest BCUT2D eigenvalue weighted by molar-refractivity contribution is 7.99. The zero-order valence-electron chi connectivity index (χ0n) is 12.9. The molecule has 1 atom stereocenters. The molecule has 0 bridgehead atoms. The summed E-state index contributed by atoms with van der Waals surface area (Å²) in [5.74, 6) is 0.820. The zero-order valence-corrected chi connectivity index (χ0v) is 13.7. The molecule has 23 heavy (non-hydrogen) atoms. The molecule has 2 aromatic rings. The van der Waals surface area contributed by atoms with E-state index in [9.17, 15) is 9.18 Å². The molecule has 2 heterocycles. The third kappa shape index (κ3) is 4.10. The van der Waals surface area contributed by atoms with Gasteiger partial charge in [0.15, 0.2) is 0 Å². The first kappa shape index (κ1) is 16.0. The van der Waals surface area contributed by atoms with E-state index in [-0.39, 0.29) is 23.4 Å². The van der Waals surface area contributed by atoms with E-state index in [0.29, 0.717) is 16.7 Å². The lowest BCUT2D eigenvalue weighted by Crippen LogP contribution is -2.40. The van der Waals surface area contributed by atoms with E-state index in [1.165, 1.54) is 30.3 Å². The van der Waals surface area contributed by atoms with Crippen molar-refractivity contribution in [3.05, 3.63) is 30.1 Å². The first-order chi connectivity index (χ1) is 11.1. The summed E-state index contributed by atoms with van der Waals surface area (Å²) in [5, 5.41) is 8.13. The Morgan fingerprint density at radius 3 is 3.13 bits per heavy atom. The molecule has 1 unspecified atom stereocenters. The van der Waals surface area contributed by atoms with Crippen LogP contribution in [0.5, 0.6) is 0 Å². The van der Waals surface area contributed by atoms with Gasteiger partial charge in [-0.15, -0.1) is 10.2 Å². The highest BCUT2D eigenvalue weighted by atomic mass is 32.2. The Hall–Kier alpha value is -1.89. The molecule has 122 valence electrons. The molecule has 1 amide bonds. The number of benzene rings is 1. The molecule has 1 saturated heterocycles. The molecule has 1 fully saturated rings. The number of carbonyl (C=O) groups excluding carboxylic acids is 1. The topological polar surface area (TPSA) is 59.2 Å². The molecule has 0 saturated carbocycles. The van der Waals surface area contributed by atoms with Crippen molar-refractivity contribution in [2.45, 2.75) is 25.0 Å². The van der Waals surface area contributed by atoms with Crippen LogP contribution in [0.3, 0.4) is 0 Å². The van der Waals surface area contributed by atoms with Crippen molar-refractivity contribution in [1.82, 2.24) is 15.1 Å². The lowest BCUT2D eigenvalue weighted by atomic mass is 10.0. The summed E-state index contributed by atoms with van der Waals surface area (Å²) in [5.41, 5.74) is 0.528. The normalized spacial score (nSPS) is 18.2. The number of aromatic nitrogens is 2. The molecule has 7 heteroatoms. The Morgan fingerprint density at radius 1 is 1.48 bits per heavy atom. The molecule has 1 aromatic heterocycles. The predicted molar refractivity (Wildman–Crippen MR) is 85.4 cm³/mol. The van der Waals surface area contributed by atoms with Gasteiger partial charge in [-0.1, -0.05) is 24.8 Å². The average molecular weight is 335 g/mol. The molecular weight excluding hydrogens is 317 g/mol. The number of hydrogen-bond acceptors (Lipinski definition) is 5. The molecule has 0 radical (unpaired) electrons. The van der Waals surface area contributed by atoms with Crippen LogP contribution < -0.4 is 0 Å². The van der Waals surface area contributed by atoms with Gasteiger partial charge in [-0.2, -0.15) is 0 Å². The fraction of sp³-hybridized carbons (Fsp3) is 0.438. The smallest absolute Gasteiger partial charge is 0.277 e. The molecule has 1 aromatic carbocycles. The molecule has 1 aliphatic rings. The van der Waals surface area contributed by atoms with Gasteiger partial charge in [-0.25, -0.2) is 4.39 Å². The van der Waals surface area contributed by atoms with E-state index in [2.05, 4.69) is 17.1 Å². The van der Waals surface area contributed by atoms with Crippen molar-refractivity contribution in [2.75, 3.05) is 18.8 Å². The third-order valence-electron chi connectivity index (χ3n) is 3.81. The van der Waals surface area contributed by atoms with Crippen molar-refractivity contribution >= 4 is 17.7 Å². The summed E-state index contributed by atoms with van der Waals surface area (Å²) >= 11 is 1.22. The van der Waals surface area contributed by atoms with Gasteiger partial charge in [0.1, 0.15) is 5.82 Å². The molecule has 1 aliphatic heterocycles. The highest BCUT2D eigenvalue weighted by Crippen LogP contribution is 2.24. The number of hydrogen-bond donors (Lipinski definition) is 0. The van der Waals surface area contributed by atoms with Gasteiger partial charge in [-0.05, 0) is 37.0 Å². The molecule has 0 spiro atoms. The van der Waals surface area contributed by atoms with Crippen molar-refractivity contribution in [2.24, 2.45) is 5.92 Å². The van der Waals surface area contributed by atoms with Gasteiger partial charge in [0, 0.05) is 18.7 Å². The van der Waals surface area contributed by atoms with Crippen LogP contribution in [0.25, 0.3) is 11.5 Å². The number of piperidine rings is 1. The van der Waals surface area contributed by atoms with Crippen LogP contribution in [0.2, 0.25) is 0 Å². The van der Waals surface area contributed by atoms with Crippen LogP contribution in [0, 0.1) is 11.7 Å². The van der Waals surface area contributed by atoms with E-state index in [0.717, 1.165) is 19.5 Å². The Bertz CT molecular complexity index is 691. The molecule has 5 nitrogen and oxygen atoms in total. The monoisotopic (exact) mass is 335 g/mol. The van der Waals surface area contributed by atoms with Gasteiger partial charge < -0.3 is 9.32 Å². The first-order valence-corrected chi connectivity index (χ1v) is 8.60. The predicted octanol–water partition coefficient (Wildman–Crippen LogP) is 3.23. The van der Waals surface area contributed by atoms with E-state index in [1.54, 1.807) is 12.1 Å². The van der Waals surface area contributed by atoms with Crippen molar-refractivity contribution in [1.29, 1.82) is 0 Å². The van der Waals surface area contributed by atoms with Crippen molar-refractivity contribution in [3.8, 4) is 11.5 Å². The van der Waals surface area contributed by atoms with Gasteiger partial charge in [0.05, 0.1) is 5.75 Å². The number of carbonyl (C=O) groups is 1. The quantitative estimate of drug-likeness (QED) is 0.803. The first-order valence-electron chi connectivity index (χ1n) is 7.62. The maximum atomic E-state index is 13.2. The number of amides is 1. The fourth-order valence-corrected chi connectivity index (χ4v) is 3.30. The molecular formula is C16H18FN3O2S. The summed E-state index contributed by atoms with van der Waals surface area (Å²) in [6, 6.07) is 5.98. The highest BCUT2D eigenvalue weighted by Gasteiger charge is 2.21. The number of rotatable bonds is 4. The second kappa shape index (κ2) is 7.12. The minimum absolute atomic E-state index is 0.0899. The Labute approximate surface area is 138 Å². The maximum Gasteiger partial charge on any atom is 0.277 e. The molecule has 3 rings (SSSR count). The summed E-state index contributed by atoms with van der Waals surface area (Å²) in [4.78, 5) is 14.1. The standard InChI is InChI=1S/C16H18FN3O2S/c1-11-4-3-7-20(9-11)14(21)10-23-16-19-18-15(22-16)12-5-2-6-13(17)8-12/h2,5-6,8,11H,3-4,7,9-10H2,1H3. The van der Waals surface area contributed by atoms with Crippen LogP contribution in [0.4, 0.5) is 4.39 Å². The molecule has 0 aliphatic carbocycles. The van der Waals surface area contributed by atoms with Crippen molar-refractivity contribution in [3.63, 3.8) is 0 Å². The Balaban J connectivity index is 1.58. The van der Waals surface area contributed by atoms with Gasteiger partial charge in [0.25, 0.3) is 5.22 Å². The van der Waals surface area contributed by atoms with Gasteiger partial charge >= 0.3 is 0 Å². The summed E-state index contributed by atoms with van der Waals surface area (Å²) in [6.45, 7) is 3.80.